The molecule has 1 rings (SSSR count). The largest absolute Gasteiger partial charge is 0.267 e. The van der Waals surface area contributed by atoms with Crippen LogP contribution in [0.15, 0.2) is 24.5 Å². The van der Waals surface area contributed by atoms with E-state index >= 15 is 0 Å². The zero-order valence-corrected chi connectivity index (χ0v) is 7.39. The van der Waals surface area contributed by atoms with Gasteiger partial charge in [-0.1, -0.05) is 23.8 Å². The number of hydrogen-bond donors (Lipinski definition) is 0. The Balaban J connectivity index is 2.45. The van der Waals surface area contributed by atoms with Gasteiger partial charge < -0.3 is 0 Å². The molecule has 0 saturated carbocycles. The predicted octanol–water partition coefficient (Wildman–Crippen LogP) is 2.33. The van der Waals surface area contributed by atoms with Crippen molar-refractivity contribution in [3.05, 3.63) is 29.6 Å². The molecule has 0 amide bonds. The van der Waals surface area contributed by atoms with Gasteiger partial charge in [0.1, 0.15) is 0 Å². The number of halogens is 2. The molecule has 11 heavy (non-hydrogen) atoms. The van der Waals surface area contributed by atoms with Gasteiger partial charge in [-0.15, -0.1) is 11.6 Å². The molecule has 0 aromatic carbocycles. The first-order chi connectivity index (χ1) is 5.33. The summed E-state index contributed by atoms with van der Waals surface area (Å²) in [5.74, 6) is 0.537. The van der Waals surface area contributed by atoms with Crippen molar-refractivity contribution in [1.29, 1.82) is 0 Å². The van der Waals surface area contributed by atoms with Gasteiger partial charge in [0.05, 0.1) is 17.8 Å². The van der Waals surface area contributed by atoms with Gasteiger partial charge in [0, 0.05) is 12.1 Å². The molecule has 0 spiro atoms. The second-order valence-corrected chi connectivity index (χ2v) is 2.75. The molecule has 1 aromatic rings. The summed E-state index contributed by atoms with van der Waals surface area (Å²) in [7, 11) is 0. The Morgan fingerprint density at radius 2 is 2.36 bits per heavy atom. The average Bonchev–Trinajstić information content (AvgIpc) is 2.37. The molecule has 0 unspecified atom stereocenters. The molecule has 0 saturated heterocycles. The van der Waals surface area contributed by atoms with Crippen molar-refractivity contribution in [3.8, 4) is 0 Å². The highest BCUT2D eigenvalue weighted by Gasteiger charge is 1.90. The van der Waals surface area contributed by atoms with Crippen molar-refractivity contribution in [2.75, 3.05) is 5.88 Å². The molecule has 1 heterocycles. The molecule has 60 valence electrons. The van der Waals surface area contributed by atoms with Crippen molar-refractivity contribution in [3.63, 3.8) is 0 Å². The normalized spacial score (nSPS) is 11.1. The Morgan fingerprint density at radius 3 is 2.91 bits per heavy atom. The van der Waals surface area contributed by atoms with Crippen LogP contribution < -0.4 is 0 Å². The van der Waals surface area contributed by atoms with Crippen LogP contribution in [0.3, 0.4) is 0 Å². The minimum atomic E-state index is 0.537. The van der Waals surface area contributed by atoms with Crippen LogP contribution >= 0.6 is 23.2 Å². The standard InChI is InChI=1S/C7H8Cl2N2/c8-3-1-2-4-11-6-7(9)5-10-11/h1-2,5-6H,3-4H2. The van der Waals surface area contributed by atoms with Crippen LogP contribution in [0.25, 0.3) is 0 Å². The first kappa shape index (κ1) is 8.62. The number of hydrogen-bond acceptors (Lipinski definition) is 1. The molecule has 0 fully saturated rings. The number of nitrogens with zero attached hydrogens (tertiary/aromatic N) is 2. The summed E-state index contributed by atoms with van der Waals surface area (Å²) >= 11 is 11.1. The predicted molar refractivity (Wildman–Crippen MR) is 47.1 cm³/mol. The van der Waals surface area contributed by atoms with Crippen LogP contribution in [-0.2, 0) is 6.54 Å². The molecule has 2 nitrogen and oxygen atoms in total. The fourth-order valence-corrected chi connectivity index (χ4v) is 0.966. The van der Waals surface area contributed by atoms with Crippen LogP contribution in [0.4, 0.5) is 0 Å². The topological polar surface area (TPSA) is 17.8 Å². The van der Waals surface area contributed by atoms with Crippen LogP contribution in [0.1, 0.15) is 0 Å². The summed E-state index contributed by atoms with van der Waals surface area (Å²) in [5.41, 5.74) is 0. The fourth-order valence-electron chi connectivity index (χ4n) is 0.684. The van der Waals surface area contributed by atoms with Gasteiger partial charge in [-0.3, -0.25) is 4.68 Å². The lowest BCUT2D eigenvalue weighted by molar-refractivity contribution is 0.701. The maximum absolute atomic E-state index is 5.64. The second kappa shape index (κ2) is 4.42. The summed E-state index contributed by atoms with van der Waals surface area (Å²) in [6, 6.07) is 0. The average molecular weight is 191 g/mol. The molecule has 0 aliphatic heterocycles. The number of allylic oxidation sites excluding steroid dienone is 2. The Kier molecular flexibility index (Phi) is 3.46. The van der Waals surface area contributed by atoms with E-state index in [1.54, 1.807) is 17.1 Å². The third-order valence-electron chi connectivity index (χ3n) is 1.15. The van der Waals surface area contributed by atoms with E-state index in [0.717, 1.165) is 6.54 Å². The maximum Gasteiger partial charge on any atom is 0.0785 e. The highest BCUT2D eigenvalue weighted by molar-refractivity contribution is 6.30. The van der Waals surface area contributed by atoms with E-state index in [1.165, 1.54) is 0 Å². The van der Waals surface area contributed by atoms with E-state index in [1.807, 2.05) is 12.2 Å². The van der Waals surface area contributed by atoms with Crippen molar-refractivity contribution in [2.24, 2.45) is 0 Å². The van der Waals surface area contributed by atoms with E-state index in [0.29, 0.717) is 10.9 Å². The quantitative estimate of drug-likeness (QED) is 0.529. The van der Waals surface area contributed by atoms with Crippen molar-refractivity contribution >= 4 is 23.2 Å². The summed E-state index contributed by atoms with van der Waals surface area (Å²) < 4.78 is 1.74. The van der Waals surface area contributed by atoms with E-state index in [9.17, 15) is 0 Å². The Hall–Kier alpha value is -0.470. The van der Waals surface area contributed by atoms with Gasteiger partial charge in [0.25, 0.3) is 0 Å². The van der Waals surface area contributed by atoms with Gasteiger partial charge >= 0.3 is 0 Å². The summed E-state index contributed by atoms with van der Waals surface area (Å²) in [4.78, 5) is 0. The van der Waals surface area contributed by atoms with Gasteiger partial charge in [0.2, 0.25) is 0 Å². The van der Waals surface area contributed by atoms with Crippen molar-refractivity contribution < 1.29 is 0 Å². The molecule has 1 aromatic heterocycles. The third kappa shape index (κ3) is 2.95. The summed E-state index contributed by atoms with van der Waals surface area (Å²) in [6.45, 7) is 0.722. The molecule has 0 radical (unpaired) electrons. The van der Waals surface area contributed by atoms with E-state index in [2.05, 4.69) is 5.10 Å². The third-order valence-corrected chi connectivity index (χ3v) is 1.52. The molecule has 0 atom stereocenters. The molecular weight excluding hydrogens is 183 g/mol. The van der Waals surface area contributed by atoms with Crippen LogP contribution in [-0.4, -0.2) is 15.7 Å². The van der Waals surface area contributed by atoms with E-state index < -0.39 is 0 Å². The van der Waals surface area contributed by atoms with Crippen LogP contribution in [0.2, 0.25) is 5.02 Å². The molecule has 0 bridgehead atoms. The Morgan fingerprint density at radius 1 is 1.55 bits per heavy atom. The number of aromatic nitrogens is 2. The monoisotopic (exact) mass is 190 g/mol. The highest BCUT2D eigenvalue weighted by atomic mass is 35.5. The number of alkyl halides is 1. The lowest BCUT2D eigenvalue weighted by Crippen LogP contribution is -1.94. The lowest BCUT2D eigenvalue weighted by Gasteiger charge is -1.91. The summed E-state index contributed by atoms with van der Waals surface area (Å²) in [6.07, 6.45) is 7.18. The molecule has 0 aliphatic rings. The highest BCUT2D eigenvalue weighted by Crippen LogP contribution is 2.04. The van der Waals surface area contributed by atoms with E-state index in [4.69, 9.17) is 23.2 Å². The van der Waals surface area contributed by atoms with Crippen LogP contribution in [0.5, 0.6) is 0 Å². The van der Waals surface area contributed by atoms with Crippen molar-refractivity contribution in [2.45, 2.75) is 6.54 Å². The molecule has 0 N–H and O–H groups in total. The van der Waals surface area contributed by atoms with Crippen LogP contribution in [0, 0.1) is 0 Å². The zero-order valence-electron chi connectivity index (χ0n) is 5.87. The molecule has 0 aliphatic carbocycles. The van der Waals surface area contributed by atoms with Gasteiger partial charge in [-0.2, -0.15) is 5.10 Å². The first-order valence-electron chi connectivity index (χ1n) is 3.22. The van der Waals surface area contributed by atoms with Gasteiger partial charge in [-0.05, 0) is 0 Å². The fraction of sp³-hybridized carbons (Fsp3) is 0.286. The first-order valence-corrected chi connectivity index (χ1v) is 4.13. The van der Waals surface area contributed by atoms with Gasteiger partial charge in [-0.25, -0.2) is 0 Å². The Labute approximate surface area is 75.4 Å². The summed E-state index contributed by atoms with van der Waals surface area (Å²) in [5, 5.41) is 4.63. The maximum atomic E-state index is 5.64. The molecular formula is C7H8Cl2N2. The SMILES string of the molecule is ClCC=CCn1cc(Cl)cn1. The number of rotatable bonds is 3. The minimum Gasteiger partial charge on any atom is -0.267 e. The Bertz CT molecular complexity index is 242. The lowest BCUT2D eigenvalue weighted by atomic mass is 10.5. The van der Waals surface area contributed by atoms with E-state index in [-0.39, 0.29) is 0 Å². The second-order valence-electron chi connectivity index (χ2n) is 2.01. The van der Waals surface area contributed by atoms with Gasteiger partial charge in [0.15, 0.2) is 0 Å². The minimum absolute atomic E-state index is 0.537. The zero-order chi connectivity index (χ0) is 8.10. The van der Waals surface area contributed by atoms with Crippen molar-refractivity contribution in [1.82, 2.24) is 9.78 Å². The smallest absolute Gasteiger partial charge is 0.0785 e. The molecule has 4 heteroatoms.